The van der Waals surface area contributed by atoms with Crippen molar-refractivity contribution in [2.75, 3.05) is 20.1 Å². The number of aromatic hydroxyl groups is 2. The zero-order valence-corrected chi connectivity index (χ0v) is 33.7. The van der Waals surface area contributed by atoms with Gasteiger partial charge in [-0.1, -0.05) is 54.1 Å². The van der Waals surface area contributed by atoms with Gasteiger partial charge in [-0.2, -0.15) is 0 Å². The first-order valence-electron chi connectivity index (χ1n) is 19.6. The molecule has 4 aromatic rings. The van der Waals surface area contributed by atoms with Crippen LogP contribution in [0.4, 0.5) is 0 Å². The number of unbranched alkanes of at least 4 members (excludes halogenated alkanes) is 1. The molecule has 0 radical (unpaired) electrons. The first-order valence-corrected chi connectivity index (χ1v) is 19.6. The molecule has 0 aromatic heterocycles. The Bertz CT molecular complexity index is 2230. The number of phenolic OH excluding ortho intramolecular Hbond substituents is 2. The number of nitrogens with two attached hydrogens (primary N) is 3. The van der Waals surface area contributed by atoms with Gasteiger partial charge < -0.3 is 53.6 Å². The maximum atomic E-state index is 14.5. The number of hydrogen-bond donors (Lipinski definition) is 9. The van der Waals surface area contributed by atoms with E-state index in [1.807, 2.05) is 43.3 Å². The fourth-order valence-electron chi connectivity index (χ4n) is 6.90. The van der Waals surface area contributed by atoms with Crippen LogP contribution in [0.15, 0.2) is 84.9 Å². The molecule has 12 N–H and O–H groups in total. The Morgan fingerprint density at radius 1 is 0.817 bits per heavy atom. The average molecular weight is 821 g/mol. The van der Waals surface area contributed by atoms with Crippen LogP contribution in [0.2, 0.25) is 0 Å². The third kappa shape index (κ3) is 10.7. The predicted molar refractivity (Wildman–Crippen MR) is 225 cm³/mol. The summed E-state index contributed by atoms with van der Waals surface area (Å²) in [6.07, 6.45) is -0.387. The van der Waals surface area contributed by atoms with E-state index in [0.717, 1.165) is 21.6 Å². The maximum Gasteiger partial charge on any atom is 0.251 e. The van der Waals surface area contributed by atoms with Gasteiger partial charge >= 0.3 is 0 Å². The first kappa shape index (κ1) is 44.5. The molecule has 5 rings (SSSR count). The van der Waals surface area contributed by atoms with Crippen molar-refractivity contribution in [2.45, 2.75) is 69.9 Å². The summed E-state index contributed by atoms with van der Waals surface area (Å²) >= 11 is 0. The molecule has 4 bridgehead atoms. The van der Waals surface area contributed by atoms with Crippen molar-refractivity contribution in [1.82, 2.24) is 26.2 Å². The highest BCUT2D eigenvalue weighted by Gasteiger charge is 2.36. The van der Waals surface area contributed by atoms with E-state index < -0.39 is 72.2 Å². The standard InChI is InChI=1S/C44H52N8O8/c1-24-7-10-27(11-8-24)28-12-14-29(15-13-28)41(57)49-33(6-4-5-19-45)44(60)52(3)38-30-16-18-36(54)32(22-30)31-20-26(9-17-35(31)53)21-34(42(58)51-39(47)37(55)23-46)50-40(56)25(2)48-43(38)59/h7-18,20,22,25,33-34,38-39,53-54H,4-6,19,21,23,45-47H2,1-3H3,(H,48,59)(H,49,57)(H,50,56)(H,51,58)/t25-,33-,34-,38-,39+/m0/s1. The minimum absolute atomic E-state index is 0.0955. The number of nitrogens with zero attached hydrogens (tertiary/aromatic N) is 1. The van der Waals surface area contributed by atoms with Crippen LogP contribution < -0.4 is 38.5 Å². The van der Waals surface area contributed by atoms with Gasteiger partial charge in [-0.3, -0.25) is 28.8 Å². The summed E-state index contributed by atoms with van der Waals surface area (Å²) in [5, 5.41) is 32.5. The van der Waals surface area contributed by atoms with Crippen LogP contribution >= 0.6 is 0 Å². The molecule has 5 atom stereocenters. The molecule has 4 aromatic carbocycles. The van der Waals surface area contributed by atoms with Gasteiger partial charge in [0.25, 0.3) is 5.91 Å². The molecule has 0 saturated heterocycles. The van der Waals surface area contributed by atoms with Crippen LogP contribution in [-0.4, -0.2) is 94.9 Å². The molecule has 16 heteroatoms. The number of Topliss-reactive ketones (excluding diaryl/α,β-unsaturated/α-hetero) is 1. The van der Waals surface area contributed by atoms with Crippen LogP contribution in [0.1, 0.15) is 59.3 Å². The highest BCUT2D eigenvalue weighted by molar-refractivity contribution is 6.00. The monoisotopic (exact) mass is 820 g/mol. The average Bonchev–Trinajstić information content (AvgIpc) is 3.23. The lowest BCUT2D eigenvalue weighted by Crippen LogP contribution is -2.58. The Labute approximate surface area is 347 Å². The van der Waals surface area contributed by atoms with Crippen molar-refractivity contribution >= 4 is 35.3 Å². The molecule has 1 heterocycles. The van der Waals surface area contributed by atoms with E-state index >= 15 is 0 Å². The van der Waals surface area contributed by atoms with Gasteiger partial charge in [-0.05, 0) is 98.3 Å². The maximum absolute atomic E-state index is 14.5. The van der Waals surface area contributed by atoms with Crippen LogP contribution in [0.3, 0.4) is 0 Å². The predicted octanol–water partition coefficient (Wildman–Crippen LogP) is 1.64. The molecule has 1 aliphatic heterocycles. The number of carbonyl (C=O) groups excluding carboxylic acids is 6. The number of nitrogens with one attached hydrogen (secondary N) is 4. The van der Waals surface area contributed by atoms with Crippen LogP contribution in [0.25, 0.3) is 22.3 Å². The zero-order valence-electron chi connectivity index (χ0n) is 33.7. The fraction of sp³-hybridized carbons (Fsp3) is 0.318. The zero-order chi connectivity index (χ0) is 43.7. The molecule has 0 spiro atoms. The molecule has 0 fully saturated rings. The van der Waals surface area contributed by atoms with Gasteiger partial charge in [0.2, 0.25) is 23.6 Å². The Balaban J connectivity index is 1.49. The molecule has 5 amide bonds. The molecule has 0 unspecified atom stereocenters. The lowest BCUT2D eigenvalue weighted by atomic mass is 9.93. The topological polar surface area (TPSA) is 272 Å². The van der Waals surface area contributed by atoms with E-state index in [1.165, 1.54) is 50.4 Å². The van der Waals surface area contributed by atoms with E-state index in [2.05, 4.69) is 21.3 Å². The summed E-state index contributed by atoms with van der Waals surface area (Å²) in [5.41, 5.74) is 21.1. The second kappa shape index (κ2) is 19.9. The fourth-order valence-corrected chi connectivity index (χ4v) is 6.90. The third-order valence-electron chi connectivity index (χ3n) is 10.4. The molecule has 16 nitrogen and oxygen atoms in total. The van der Waals surface area contributed by atoms with Gasteiger partial charge in [0, 0.05) is 30.2 Å². The Morgan fingerprint density at radius 2 is 1.43 bits per heavy atom. The van der Waals surface area contributed by atoms with Gasteiger partial charge in [-0.15, -0.1) is 0 Å². The normalized spacial score (nSPS) is 17.5. The first-order chi connectivity index (χ1) is 28.6. The van der Waals surface area contributed by atoms with Crippen LogP contribution in [0.5, 0.6) is 11.5 Å². The van der Waals surface area contributed by atoms with E-state index in [1.54, 1.807) is 12.1 Å². The van der Waals surface area contributed by atoms with Crippen molar-refractivity contribution in [3.63, 3.8) is 0 Å². The smallest absolute Gasteiger partial charge is 0.251 e. The molecular weight excluding hydrogens is 769 g/mol. The summed E-state index contributed by atoms with van der Waals surface area (Å²) in [4.78, 5) is 82.8. The second-order valence-corrected chi connectivity index (χ2v) is 14.9. The highest BCUT2D eigenvalue weighted by atomic mass is 16.3. The number of aryl methyl sites for hydroxylation is 1. The van der Waals surface area contributed by atoms with Gasteiger partial charge in [0.1, 0.15) is 41.8 Å². The molecule has 0 saturated carbocycles. The van der Waals surface area contributed by atoms with Crippen molar-refractivity contribution in [3.8, 4) is 33.8 Å². The molecule has 0 aliphatic carbocycles. The number of benzene rings is 4. The molecule has 60 heavy (non-hydrogen) atoms. The van der Waals surface area contributed by atoms with E-state index in [0.29, 0.717) is 30.5 Å². The minimum atomic E-state index is -1.46. The number of rotatable bonds is 13. The van der Waals surface area contributed by atoms with Crippen molar-refractivity contribution in [3.05, 3.63) is 107 Å². The summed E-state index contributed by atoms with van der Waals surface area (Å²) in [5.74, 6) is -4.74. The van der Waals surface area contributed by atoms with E-state index in [9.17, 15) is 39.0 Å². The quantitative estimate of drug-likeness (QED) is 0.0691. The lowest BCUT2D eigenvalue weighted by molar-refractivity contribution is -0.141. The largest absolute Gasteiger partial charge is 0.507 e. The number of phenols is 2. The summed E-state index contributed by atoms with van der Waals surface area (Å²) < 4.78 is 0. The number of carbonyl (C=O) groups is 6. The summed E-state index contributed by atoms with van der Waals surface area (Å²) in [7, 11) is 1.38. The molecule has 1 aliphatic rings. The molecule has 316 valence electrons. The second-order valence-electron chi connectivity index (χ2n) is 14.9. The minimum Gasteiger partial charge on any atom is -0.507 e. The number of fused-ring (bicyclic) bond motifs is 5. The van der Waals surface area contributed by atoms with Crippen molar-refractivity contribution in [1.29, 1.82) is 0 Å². The van der Waals surface area contributed by atoms with E-state index in [4.69, 9.17) is 17.2 Å². The molecular formula is C44H52N8O8. The number of ketones is 1. The number of hydrogen-bond acceptors (Lipinski definition) is 11. The van der Waals surface area contributed by atoms with Crippen LogP contribution in [-0.2, 0) is 30.4 Å². The third-order valence-corrected chi connectivity index (χ3v) is 10.4. The lowest BCUT2D eigenvalue weighted by Gasteiger charge is -2.32. The van der Waals surface area contributed by atoms with E-state index in [-0.39, 0.29) is 41.0 Å². The van der Waals surface area contributed by atoms with Crippen molar-refractivity contribution in [2.24, 2.45) is 17.2 Å². The number of likely N-dealkylation sites (N-methyl/N-ethyl adjacent to an activating group) is 1. The van der Waals surface area contributed by atoms with Gasteiger partial charge in [-0.25, -0.2) is 0 Å². The summed E-state index contributed by atoms with van der Waals surface area (Å²) in [6, 6.07) is 18.3. The Kier molecular flexibility index (Phi) is 14.7. The van der Waals surface area contributed by atoms with Gasteiger partial charge in [0.05, 0.1) is 6.54 Å². The highest BCUT2D eigenvalue weighted by Crippen LogP contribution is 2.39. The Hall–Kier alpha value is -6.62. The van der Waals surface area contributed by atoms with Crippen LogP contribution in [0, 0.1) is 6.92 Å². The summed E-state index contributed by atoms with van der Waals surface area (Å²) in [6.45, 7) is 3.29. The Morgan fingerprint density at radius 3 is 2.07 bits per heavy atom. The van der Waals surface area contributed by atoms with Gasteiger partial charge in [0.15, 0.2) is 5.78 Å². The van der Waals surface area contributed by atoms with Crippen molar-refractivity contribution < 1.29 is 39.0 Å². The SMILES string of the molecule is Cc1ccc(-c2ccc(C(=O)N[C@@H](CCCCN)C(=O)N(C)[C@@H]3C(=O)N[C@@H](C)C(=O)N[C@H](C(=O)N[C@@H](N)C(=O)CN)Cc4ccc(O)c(c4)-c4cc3ccc4O)cc2)cc1. The number of amides is 5.